The zero-order chi connectivity index (χ0) is 15.5. The first-order valence-electron chi connectivity index (χ1n) is 6.22. The van der Waals surface area contributed by atoms with Crippen LogP contribution in [0.1, 0.15) is 16.7 Å². The van der Waals surface area contributed by atoms with Crippen LogP contribution >= 0.6 is 11.6 Å². The highest BCUT2D eigenvalue weighted by atomic mass is 35.5. The second-order valence-corrected chi connectivity index (χ2v) is 6.71. The van der Waals surface area contributed by atoms with Crippen molar-refractivity contribution in [2.75, 3.05) is 0 Å². The lowest BCUT2D eigenvalue weighted by Crippen LogP contribution is -2.23. The monoisotopic (exact) mass is 326 g/mol. The van der Waals surface area contributed by atoms with Crippen LogP contribution in [0.25, 0.3) is 0 Å². The van der Waals surface area contributed by atoms with Crippen LogP contribution in [0.3, 0.4) is 0 Å². The number of nitrogens with one attached hydrogen (secondary N) is 1. The summed E-state index contributed by atoms with van der Waals surface area (Å²) in [7, 11) is -3.66. The van der Waals surface area contributed by atoms with E-state index in [1.807, 2.05) is 6.92 Å². The maximum atomic E-state index is 12.2. The maximum Gasteiger partial charge on any atom is 0.240 e. The Morgan fingerprint density at radius 3 is 2.71 bits per heavy atom. The Morgan fingerprint density at radius 2 is 2.05 bits per heavy atom. The predicted octanol–water partition coefficient (Wildman–Crippen LogP) is 2.01. The minimum atomic E-state index is -3.66. The third-order valence-electron chi connectivity index (χ3n) is 3.09. The third kappa shape index (κ3) is 3.79. The molecule has 2 aromatic rings. The van der Waals surface area contributed by atoms with Gasteiger partial charge in [0, 0.05) is 24.0 Å². The summed E-state index contributed by atoms with van der Waals surface area (Å²) >= 11 is 5.86. The van der Waals surface area contributed by atoms with Gasteiger partial charge in [0.15, 0.2) is 0 Å². The van der Waals surface area contributed by atoms with Crippen LogP contribution in [-0.2, 0) is 23.2 Å². The van der Waals surface area contributed by atoms with Crippen molar-refractivity contribution in [1.82, 2.24) is 9.71 Å². The number of aryl methyl sites for hydroxylation is 1. The highest BCUT2D eigenvalue weighted by molar-refractivity contribution is 7.89. The van der Waals surface area contributed by atoms with Crippen molar-refractivity contribution in [1.29, 1.82) is 0 Å². The molecule has 2 rings (SSSR count). The molecule has 0 aliphatic carbocycles. The van der Waals surface area contributed by atoms with E-state index in [2.05, 4.69) is 9.71 Å². The molecule has 0 amide bonds. The lowest BCUT2D eigenvalue weighted by molar-refractivity contribution is 0.281. The van der Waals surface area contributed by atoms with E-state index in [1.54, 1.807) is 18.5 Å². The van der Waals surface area contributed by atoms with Gasteiger partial charge in [-0.1, -0.05) is 11.6 Å². The average molecular weight is 327 g/mol. The molecule has 0 unspecified atom stereocenters. The first-order chi connectivity index (χ1) is 9.94. The van der Waals surface area contributed by atoms with E-state index in [4.69, 9.17) is 16.7 Å². The van der Waals surface area contributed by atoms with E-state index in [1.165, 1.54) is 18.2 Å². The Hall–Kier alpha value is -1.47. The Bertz CT molecular complexity index is 748. The molecule has 1 aromatic carbocycles. The van der Waals surface area contributed by atoms with Crippen molar-refractivity contribution >= 4 is 21.6 Å². The molecule has 2 N–H and O–H groups in total. The van der Waals surface area contributed by atoms with E-state index in [9.17, 15) is 8.42 Å². The van der Waals surface area contributed by atoms with Crippen molar-refractivity contribution < 1.29 is 13.5 Å². The number of aromatic nitrogens is 1. The molecular formula is C14H15ClN2O3S. The summed E-state index contributed by atoms with van der Waals surface area (Å²) in [4.78, 5) is 4.03. The van der Waals surface area contributed by atoms with Crippen molar-refractivity contribution in [3.05, 3.63) is 58.4 Å². The molecule has 21 heavy (non-hydrogen) atoms. The Labute approximate surface area is 128 Å². The van der Waals surface area contributed by atoms with Crippen LogP contribution in [0.2, 0.25) is 5.02 Å². The highest BCUT2D eigenvalue weighted by Crippen LogP contribution is 2.20. The average Bonchev–Trinajstić information content (AvgIpc) is 2.46. The SMILES string of the molecule is Cc1cnccc1CNS(=O)(=O)c1ccc(Cl)c(CO)c1. The molecular weight excluding hydrogens is 312 g/mol. The molecule has 0 radical (unpaired) electrons. The lowest BCUT2D eigenvalue weighted by Gasteiger charge is -2.10. The summed E-state index contributed by atoms with van der Waals surface area (Å²) in [6, 6.07) is 5.99. The second kappa shape index (κ2) is 6.53. The van der Waals surface area contributed by atoms with Crippen molar-refractivity contribution in [2.45, 2.75) is 25.0 Å². The smallest absolute Gasteiger partial charge is 0.240 e. The minimum absolute atomic E-state index is 0.0719. The van der Waals surface area contributed by atoms with E-state index >= 15 is 0 Å². The van der Waals surface area contributed by atoms with Gasteiger partial charge in [-0.15, -0.1) is 0 Å². The summed E-state index contributed by atoms with van der Waals surface area (Å²) in [6.45, 7) is 1.72. The Balaban J connectivity index is 2.21. The number of hydrogen-bond acceptors (Lipinski definition) is 4. The summed E-state index contributed by atoms with van der Waals surface area (Å²) in [5.74, 6) is 0. The van der Waals surface area contributed by atoms with E-state index < -0.39 is 10.0 Å². The fraction of sp³-hybridized carbons (Fsp3) is 0.214. The van der Waals surface area contributed by atoms with Crippen LogP contribution < -0.4 is 4.72 Å². The van der Waals surface area contributed by atoms with Crippen LogP contribution in [0, 0.1) is 6.92 Å². The number of halogens is 1. The molecule has 0 spiro atoms. The number of hydrogen-bond donors (Lipinski definition) is 2. The first kappa shape index (κ1) is 15.9. The molecule has 1 heterocycles. The lowest BCUT2D eigenvalue weighted by atomic mass is 10.2. The quantitative estimate of drug-likeness (QED) is 0.881. The normalized spacial score (nSPS) is 11.6. The standard InChI is InChI=1S/C14H15ClN2O3S/c1-10-7-16-5-4-11(10)8-17-21(19,20)13-2-3-14(15)12(6-13)9-18/h2-7,17-18H,8-9H2,1H3. The largest absolute Gasteiger partial charge is 0.392 e. The number of nitrogens with zero attached hydrogens (tertiary/aromatic N) is 1. The van der Waals surface area contributed by atoms with Gasteiger partial charge in [0.1, 0.15) is 0 Å². The molecule has 1 aromatic heterocycles. The van der Waals surface area contributed by atoms with Gasteiger partial charge in [-0.2, -0.15) is 0 Å². The number of sulfonamides is 1. The van der Waals surface area contributed by atoms with Crippen molar-refractivity contribution in [3.8, 4) is 0 Å². The fourth-order valence-electron chi connectivity index (χ4n) is 1.80. The first-order valence-corrected chi connectivity index (χ1v) is 8.08. The second-order valence-electron chi connectivity index (χ2n) is 4.54. The van der Waals surface area contributed by atoms with Gasteiger partial charge in [0.2, 0.25) is 10.0 Å². The zero-order valence-electron chi connectivity index (χ0n) is 11.4. The van der Waals surface area contributed by atoms with Crippen LogP contribution in [0.15, 0.2) is 41.6 Å². The molecule has 0 saturated heterocycles. The van der Waals surface area contributed by atoms with Gasteiger partial charge in [-0.3, -0.25) is 4.98 Å². The molecule has 0 bridgehead atoms. The van der Waals surface area contributed by atoms with E-state index in [0.717, 1.165) is 11.1 Å². The molecule has 7 heteroatoms. The Kier molecular flexibility index (Phi) is 4.95. The topological polar surface area (TPSA) is 79.3 Å². The predicted molar refractivity (Wildman–Crippen MR) is 80.4 cm³/mol. The van der Waals surface area contributed by atoms with E-state index in [-0.39, 0.29) is 18.0 Å². The summed E-state index contributed by atoms with van der Waals surface area (Å²) < 4.78 is 27.0. The van der Waals surface area contributed by atoms with Crippen molar-refractivity contribution in [3.63, 3.8) is 0 Å². The zero-order valence-corrected chi connectivity index (χ0v) is 12.9. The minimum Gasteiger partial charge on any atom is -0.392 e. The number of aliphatic hydroxyl groups is 1. The maximum absolute atomic E-state index is 12.2. The van der Waals surface area contributed by atoms with Gasteiger partial charge in [0.05, 0.1) is 11.5 Å². The molecule has 0 aliphatic rings. The molecule has 0 aliphatic heterocycles. The van der Waals surface area contributed by atoms with Crippen LogP contribution in [0.5, 0.6) is 0 Å². The van der Waals surface area contributed by atoms with E-state index in [0.29, 0.717) is 10.6 Å². The third-order valence-corrected chi connectivity index (χ3v) is 4.85. The summed E-state index contributed by atoms with van der Waals surface area (Å²) in [5, 5.41) is 9.48. The number of aliphatic hydroxyl groups excluding tert-OH is 1. The molecule has 112 valence electrons. The summed E-state index contributed by atoms with van der Waals surface area (Å²) in [5.41, 5.74) is 2.14. The Morgan fingerprint density at radius 1 is 1.29 bits per heavy atom. The number of benzene rings is 1. The summed E-state index contributed by atoms with van der Waals surface area (Å²) in [6.07, 6.45) is 3.29. The highest BCUT2D eigenvalue weighted by Gasteiger charge is 2.15. The van der Waals surface area contributed by atoms with Crippen molar-refractivity contribution in [2.24, 2.45) is 0 Å². The van der Waals surface area contributed by atoms with Gasteiger partial charge in [-0.05, 0) is 47.9 Å². The molecule has 0 fully saturated rings. The van der Waals surface area contributed by atoms with Crippen LogP contribution in [0.4, 0.5) is 0 Å². The molecule has 0 saturated carbocycles. The fourth-order valence-corrected chi connectivity index (χ4v) is 3.03. The number of rotatable bonds is 5. The molecule has 5 nitrogen and oxygen atoms in total. The molecule has 0 atom stereocenters. The van der Waals surface area contributed by atoms with Gasteiger partial charge >= 0.3 is 0 Å². The van der Waals surface area contributed by atoms with Gasteiger partial charge in [-0.25, -0.2) is 13.1 Å². The van der Waals surface area contributed by atoms with Gasteiger partial charge < -0.3 is 5.11 Å². The van der Waals surface area contributed by atoms with Crippen LogP contribution in [-0.4, -0.2) is 18.5 Å². The van der Waals surface area contributed by atoms with Gasteiger partial charge in [0.25, 0.3) is 0 Å². The number of pyridine rings is 1.